The summed E-state index contributed by atoms with van der Waals surface area (Å²) in [4.78, 5) is 12.8. The zero-order valence-corrected chi connectivity index (χ0v) is 17.6. The van der Waals surface area contributed by atoms with Crippen LogP contribution in [0.5, 0.6) is 5.75 Å². The lowest BCUT2D eigenvalue weighted by molar-refractivity contribution is -0.110. The number of ether oxygens (including phenoxy) is 1. The quantitative estimate of drug-likeness (QED) is 0.391. The third-order valence-electron chi connectivity index (χ3n) is 3.97. The summed E-state index contributed by atoms with van der Waals surface area (Å²) in [5.41, 5.74) is 4.86. The van der Waals surface area contributed by atoms with Crippen LogP contribution in [-0.4, -0.2) is 5.12 Å². The summed E-state index contributed by atoms with van der Waals surface area (Å²) in [6.07, 6.45) is 1.57. The third kappa shape index (κ3) is 4.76. The number of carbonyl (C=O) groups excluding carboxylic acids is 1. The van der Waals surface area contributed by atoms with Crippen molar-refractivity contribution in [2.24, 2.45) is 0 Å². The van der Waals surface area contributed by atoms with Crippen molar-refractivity contribution in [2.75, 3.05) is 0 Å². The number of rotatable bonds is 6. The Morgan fingerprint density at radius 2 is 1.92 bits per heavy atom. The monoisotopic (exact) mass is 454 g/mol. The Morgan fingerprint density at radius 3 is 2.58 bits per heavy atom. The van der Waals surface area contributed by atoms with Gasteiger partial charge in [-0.05, 0) is 77.7 Å². The van der Waals surface area contributed by atoms with Crippen LogP contribution in [0.1, 0.15) is 42.5 Å². The Morgan fingerprint density at radius 1 is 1.17 bits per heavy atom. The minimum atomic E-state index is 0.178. The summed E-state index contributed by atoms with van der Waals surface area (Å²) in [6, 6.07) is 10.4. The smallest absolute Gasteiger partial charge is 0.193 e. The zero-order valence-electron chi connectivity index (χ0n) is 14.6. The average molecular weight is 454 g/mol. The number of aryl methyl sites for hydroxylation is 3. The van der Waals surface area contributed by atoms with Gasteiger partial charge in [0.05, 0.1) is 0 Å². The van der Waals surface area contributed by atoms with Gasteiger partial charge in [0.1, 0.15) is 12.4 Å². The molecular weight excluding hydrogens is 431 g/mol. The minimum Gasteiger partial charge on any atom is -0.489 e. The molecule has 0 N–H and O–H groups in total. The summed E-state index contributed by atoms with van der Waals surface area (Å²) < 4.78 is 7.24. The first-order valence-corrected chi connectivity index (χ1v) is 10.1. The van der Waals surface area contributed by atoms with Crippen LogP contribution in [0, 0.1) is 17.4 Å². The molecule has 0 fully saturated rings. The lowest BCUT2D eigenvalue weighted by atomic mass is 10.0. The lowest BCUT2D eigenvalue weighted by Crippen LogP contribution is -2.03. The molecule has 0 bridgehead atoms. The van der Waals surface area contributed by atoms with E-state index in [1.807, 2.05) is 19.1 Å². The number of benzene rings is 2. The standard InChI is InChI=1S/C20H23IO2S/c1-5-15-10-14(4)18(11-13(15)3)23-12-16-17(21)8-7-9-19(16)24-20(22)6-2/h7-11H,5-6,12H2,1-4H3. The molecule has 2 nitrogen and oxygen atoms in total. The van der Waals surface area contributed by atoms with Crippen LogP contribution in [0.15, 0.2) is 35.2 Å². The van der Waals surface area contributed by atoms with E-state index in [0.717, 1.165) is 31.8 Å². The summed E-state index contributed by atoms with van der Waals surface area (Å²) in [7, 11) is 0. The Kier molecular flexibility index (Phi) is 7.16. The van der Waals surface area contributed by atoms with E-state index >= 15 is 0 Å². The van der Waals surface area contributed by atoms with Gasteiger partial charge in [-0.1, -0.05) is 37.7 Å². The maximum Gasteiger partial charge on any atom is 0.193 e. The van der Waals surface area contributed by atoms with Crippen molar-refractivity contribution in [1.82, 2.24) is 0 Å². The molecule has 4 heteroatoms. The Labute approximate surface area is 162 Å². The van der Waals surface area contributed by atoms with Crippen LogP contribution in [0.4, 0.5) is 0 Å². The maximum absolute atomic E-state index is 11.8. The molecule has 0 aromatic heterocycles. The number of hydrogen-bond acceptors (Lipinski definition) is 3. The third-order valence-corrected chi connectivity index (χ3v) is 6.10. The molecule has 2 rings (SSSR count). The molecule has 0 amide bonds. The fourth-order valence-corrected chi connectivity index (χ4v) is 4.17. The van der Waals surface area contributed by atoms with Crippen LogP contribution < -0.4 is 4.74 Å². The molecule has 0 heterocycles. The fourth-order valence-electron chi connectivity index (χ4n) is 2.51. The second-order valence-electron chi connectivity index (χ2n) is 5.73. The van der Waals surface area contributed by atoms with Crippen LogP contribution in [0.25, 0.3) is 0 Å². The van der Waals surface area contributed by atoms with Gasteiger partial charge in [-0.25, -0.2) is 0 Å². The predicted octanol–water partition coefficient (Wildman–Crippen LogP) is 6.08. The van der Waals surface area contributed by atoms with Gasteiger partial charge in [-0.2, -0.15) is 0 Å². The highest BCUT2D eigenvalue weighted by molar-refractivity contribution is 14.1. The van der Waals surface area contributed by atoms with E-state index < -0.39 is 0 Å². The van der Waals surface area contributed by atoms with Gasteiger partial charge in [0.25, 0.3) is 0 Å². The highest BCUT2D eigenvalue weighted by Gasteiger charge is 2.12. The first-order chi connectivity index (χ1) is 11.5. The Balaban J connectivity index is 2.23. The molecule has 0 aliphatic rings. The van der Waals surface area contributed by atoms with E-state index in [1.54, 1.807) is 0 Å². The second-order valence-corrected chi connectivity index (χ2v) is 7.99. The van der Waals surface area contributed by atoms with Gasteiger partial charge in [0.2, 0.25) is 0 Å². The SMILES string of the molecule is CCC(=O)Sc1cccc(I)c1COc1cc(C)c(CC)cc1C. The van der Waals surface area contributed by atoms with Crippen LogP contribution in [0.2, 0.25) is 0 Å². The van der Waals surface area contributed by atoms with Gasteiger partial charge < -0.3 is 4.74 Å². The highest BCUT2D eigenvalue weighted by atomic mass is 127. The Hall–Kier alpha value is -1.01. The van der Waals surface area contributed by atoms with Crippen molar-refractivity contribution < 1.29 is 9.53 Å². The molecule has 2 aromatic rings. The predicted molar refractivity (Wildman–Crippen MR) is 110 cm³/mol. The molecule has 0 radical (unpaired) electrons. The summed E-state index contributed by atoms with van der Waals surface area (Å²) in [5.74, 6) is 0.919. The minimum absolute atomic E-state index is 0.178. The lowest BCUT2D eigenvalue weighted by Gasteiger charge is -2.15. The highest BCUT2D eigenvalue weighted by Crippen LogP contribution is 2.30. The van der Waals surface area contributed by atoms with Gasteiger partial charge in [-0.3, -0.25) is 4.79 Å². The second kappa shape index (κ2) is 8.90. The van der Waals surface area contributed by atoms with Gasteiger partial charge in [-0.15, -0.1) is 0 Å². The molecule has 0 aliphatic carbocycles. The van der Waals surface area contributed by atoms with Crippen molar-refractivity contribution in [3.8, 4) is 5.75 Å². The van der Waals surface area contributed by atoms with Crippen molar-refractivity contribution in [1.29, 1.82) is 0 Å². The average Bonchev–Trinajstić information content (AvgIpc) is 2.56. The van der Waals surface area contributed by atoms with Crippen LogP contribution >= 0.6 is 34.4 Å². The largest absolute Gasteiger partial charge is 0.489 e. The molecule has 24 heavy (non-hydrogen) atoms. The maximum atomic E-state index is 11.8. The van der Waals surface area contributed by atoms with E-state index in [-0.39, 0.29) is 5.12 Å². The molecule has 0 aliphatic heterocycles. The van der Waals surface area contributed by atoms with E-state index in [9.17, 15) is 4.79 Å². The summed E-state index contributed by atoms with van der Waals surface area (Å²) >= 11 is 3.62. The van der Waals surface area contributed by atoms with Crippen molar-refractivity contribution in [2.45, 2.75) is 52.0 Å². The first kappa shape index (κ1) is 19.3. The van der Waals surface area contributed by atoms with E-state index in [2.05, 4.69) is 61.6 Å². The normalized spacial score (nSPS) is 10.7. The van der Waals surface area contributed by atoms with Crippen molar-refractivity contribution in [3.05, 3.63) is 56.2 Å². The van der Waals surface area contributed by atoms with E-state index in [4.69, 9.17) is 4.74 Å². The fraction of sp³-hybridized carbons (Fsp3) is 0.350. The number of halogens is 1. The van der Waals surface area contributed by atoms with Gasteiger partial charge in [0, 0.05) is 20.4 Å². The summed E-state index contributed by atoms with van der Waals surface area (Å²) in [5, 5.41) is 0.178. The van der Waals surface area contributed by atoms with Crippen molar-refractivity contribution in [3.63, 3.8) is 0 Å². The topological polar surface area (TPSA) is 26.3 Å². The van der Waals surface area contributed by atoms with Gasteiger partial charge in [0.15, 0.2) is 5.12 Å². The molecule has 0 spiro atoms. The molecule has 0 unspecified atom stereocenters. The van der Waals surface area contributed by atoms with Gasteiger partial charge >= 0.3 is 0 Å². The van der Waals surface area contributed by atoms with E-state index in [0.29, 0.717) is 13.0 Å². The number of hydrogen-bond donors (Lipinski definition) is 0. The summed E-state index contributed by atoms with van der Waals surface area (Å²) in [6.45, 7) is 8.74. The Bertz CT molecular complexity index is 741. The molecule has 128 valence electrons. The first-order valence-electron chi connectivity index (χ1n) is 8.17. The molecular formula is C20H23IO2S. The molecule has 0 atom stereocenters. The molecule has 2 aromatic carbocycles. The molecule has 0 saturated carbocycles. The van der Waals surface area contributed by atoms with E-state index in [1.165, 1.54) is 22.9 Å². The van der Waals surface area contributed by atoms with Crippen molar-refractivity contribution >= 4 is 39.5 Å². The van der Waals surface area contributed by atoms with Crippen LogP contribution in [0.3, 0.4) is 0 Å². The van der Waals surface area contributed by atoms with Crippen LogP contribution in [-0.2, 0) is 17.8 Å². The zero-order chi connectivity index (χ0) is 17.7. The number of thioether (sulfide) groups is 1. The molecule has 0 saturated heterocycles. The number of carbonyl (C=O) groups is 1.